The number of hydrogen-bond acceptors (Lipinski definition) is 3. The van der Waals surface area contributed by atoms with E-state index in [9.17, 15) is 0 Å². The summed E-state index contributed by atoms with van der Waals surface area (Å²) in [5.74, 6) is 0. The summed E-state index contributed by atoms with van der Waals surface area (Å²) in [4.78, 5) is 7.53. The molecule has 0 saturated heterocycles. The van der Waals surface area contributed by atoms with E-state index in [-0.39, 0.29) is 0 Å². The SMILES string of the molecule is [C-]#[N+]C(C#N)c1nc(-c2ccccc2)cs1. The Balaban J connectivity index is 2.35. The first-order chi connectivity index (χ1) is 7.85. The van der Waals surface area contributed by atoms with Crippen molar-refractivity contribution in [3.05, 3.63) is 52.1 Å². The average Bonchev–Trinajstić information content (AvgIpc) is 2.81. The number of nitrogens with zero attached hydrogens (tertiary/aromatic N) is 3. The molecular weight excluding hydrogens is 218 g/mol. The van der Waals surface area contributed by atoms with E-state index in [0.29, 0.717) is 5.01 Å². The lowest BCUT2D eigenvalue weighted by molar-refractivity contribution is 1.05. The normalized spacial score (nSPS) is 11.4. The molecule has 0 radical (unpaired) electrons. The van der Waals surface area contributed by atoms with Crippen molar-refractivity contribution < 1.29 is 0 Å². The Morgan fingerprint density at radius 3 is 2.75 bits per heavy atom. The van der Waals surface area contributed by atoms with Crippen molar-refractivity contribution >= 4 is 11.3 Å². The van der Waals surface area contributed by atoms with Crippen molar-refractivity contribution in [2.24, 2.45) is 0 Å². The van der Waals surface area contributed by atoms with Gasteiger partial charge in [0.25, 0.3) is 0 Å². The van der Waals surface area contributed by atoms with Crippen LogP contribution in [0.15, 0.2) is 35.7 Å². The average molecular weight is 225 g/mol. The number of nitriles is 1. The van der Waals surface area contributed by atoms with E-state index in [1.165, 1.54) is 11.3 Å². The lowest BCUT2D eigenvalue weighted by Gasteiger charge is -1.93. The van der Waals surface area contributed by atoms with Crippen LogP contribution >= 0.6 is 11.3 Å². The van der Waals surface area contributed by atoms with Gasteiger partial charge in [0.15, 0.2) is 11.1 Å². The molecule has 0 bridgehead atoms. The molecule has 2 rings (SSSR count). The Labute approximate surface area is 97.4 Å². The third kappa shape index (κ3) is 1.93. The van der Waals surface area contributed by atoms with Crippen molar-refractivity contribution in [1.82, 2.24) is 4.98 Å². The summed E-state index contributed by atoms with van der Waals surface area (Å²) in [5.41, 5.74) is 1.83. The molecule has 0 fully saturated rings. The molecule has 0 aliphatic carbocycles. The summed E-state index contributed by atoms with van der Waals surface area (Å²) in [6.07, 6.45) is 0. The largest absolute Gasteiger partial charge is 0.358 e. The van der Waals surface area contributed by atoms with Gasteiger partial charge in [-0.25, -0.2) is 11.6 Å². The van der Waals surface area contributed by atoms with Gasteiger partial charge in [0.1, 0.15) is 0 Å². The summed E-state index contributed by atoms with van der Waals surface area (Å²) in [5, 5.41) is 11.2. The number of benzene rings is 1. The summed E-state index contributed by atoms with van der Waals surface area (Å²) in [6.45, 7) is 6.88. The van der Waals surface area contributed by atoms with Crippen molar-refractivity contribution in [2.75, 3.05) is 0 Å². The van der Waals surface area contributed by atoms with Crippen molar-refractivity contribution in [3.8, 4) is 17.3 Å². The maximum absolute atomic E-state index is 8.76. The first-order valence-electron chi connectivity index (χ1n) is 4.62. The van der Waals surface area contributed by atoms with Crippen molar-refractivity contribution in [1.29, 1.82) is 5.26 Å². The standard InChI is InChI=1S/C12H7N3S/c1-14-10(7-13)12-15-11(8-16-12)9-5-3-2-4-6-9/h2-6,8,10H. The molecule has 1 aromatic carbocycles. The van der Waals surface area contributed by atoms with E-state index < -0.39 is 6.04 Å². The summed E-state index contributed by atoms with van der Waals surface area (Å²) in [6, 6.07) is 10.9. The second-order valence-electron chi connectivity index (χ2n) is 3.10. The van der Waals surface area contributed by atoms with Gasteiger partial charge in [-0.2, -0.15) is 5.26 Å². The molecule has 3 nitrogen and oxygen atoms in total. The topological polar surface area (TPSA) is 41.0 Å². The fourth-order valence-electron chi connectivity index (χ4n) is 1.29. The molecule has 2 aromatic rings. The van der Waals surface area contributed by atoms with Crippen LogP contribution in [0.25, 0.3) is 16.1 Å². The highest BCUT2D eigenvalue weighted by Crippen LogP contribution is 2.26. The molecule has 0 aliphatic heterocycles. The van der Waals surface area contributed by atoms with Gasteiger partial charge < -0.3 is 0 Å². The van der Waals surface area contributed by atoms with Gasteiger partial charge in [-0.05, 0) is 0 Å². The van der Waals surface area contributed by atoms with Gasteiger partial charge in [-0.1, -0.05) is 30.3 Å². The lowest BCUT2D eigenvalue weighted by Crippen LogP contribution is -1.87. The fourth-order valence-corrected chi connectivity index (χ4v) is 2.10. The molecule has 0 saturated carbocycles. The van der Waals surface area contributed by atoms with Gasteiger partial charge in [0.2, 0.25) is 0 Å². The van der Waals surface area contributed by atoms with E-state index in [0.717, 1.165) is 11.3 Å². The van der Waals surface area contributed by atoms with Crippen LogP contribution in [0.3, 0.4) is 0 Å². The summed E-state index contributed by atoms with van der Waals surface area (Å²) >= 11 is 1.35. The Hall–Kier alpha value is -2.17. The smallest absolute Gasteiger partial charge is 0.289 e. The zero-order valence-corrected chi connectivity index (χ0v) is 9.11. The maximum Gasteiger partial charge on any atom is 0.358 e. The molecule has 1 aromatic heterocycles. The molecule has 76 valence electrons. The third-order valence-electron chi connectivity index (χ3n) is 2.08. The van der Waals surface area contributed by atoms with Crippen LogP contribution in [0.4, 0.5) is 0 Å². The number of rotatable bonds is 2. The first kappa shape index (κ1) is 10.4. The Kier molecular flexibility index (Phi) is 2.95. The van der Waals surface area contributed by atoms with E-state index in [1.54, 1.807) is 0 Å². The molecule has 1 unspecified atom stereocenters. The van der Waals surface area contributed by atoms with Crippen molar-refractivity contribution in [2.45, 2.75) is 6.04 Å². The molecule has 0 spiro atoms. The minimum Gasteiger partial charge on any atom is -0.289 e. The minimum atomic E-state index is -0.775. The Morgan fingerprint density at radius 1 is 1.38 bits per heavy atom. The maximum atomic E-state index is 8.76. The fraction of sp³-hybridized carbons (Fsp3) is 0.0833. The highest BCUT2D eigenvalue weighted by atomic mass is 32.1. The van der Waals surface area contributed by atoms with Crippen LogP contribution in [-0.4, -0.2) is 4.98 Å². The van der Waals surface area contributed by atoms with E-state index >= 15 is 0 Å². The van der Waals surface area contributed by atoms with E-state index in [4.69, 9.17) is 11.8 Å². The van der Waals surface area contributed by atoms with Crippen LogP contribution in [0.2, 0.25) is 0 Å². The molecule has 0 amide bonds. The van der Waals surface area contributed by atoms with Gasteiger partial charge >= 0.3 is 6.04 Å². The van der Waals surface area contributed by atoms with Crippen molar-refractivity contribution in [3.63, 3.8) is 0 Å². The van der Waals surface area contributed by atoms with Gasteiger partial charge in [-0.15, -0.1) is 11.3 Å². The summed E-state index contributed by atoms with van der Waals surface area (Å²) < 4.78 is 0. The lowest BCUT2D eigenvalue weighted by atomic mass is 10.2. The van der Waals surface area contributed by atoms with Gasteiger partial charge in [0, 0.05) is 10.9 Å². The molecule has 1 heterocycles. The Bertz CT molecular complexity index is 546. The van der Waals surface area contributed by atoms with Gasteiger partial charge in [0.05, 0.1) is 5.69 Å². The molecule has 0 N–H and O–H groups in total. The second kappa shape index (κ2) is 4.57. The number of hydrogen-bond donors (Lipinski definition) is 0. The van der Waals surface area contributed by atoms with E-state index in [2.05, 4.69) is 9.83 Å². The quantitative estimate of drug-likeness (QED) is 0.736. The van der Waals surface area contributed by atoms with Crippen LogP contribution in [0.5, 0.6) is 0 Å². The Morgan fingerprint density at radius 2 is 2.12 bits per heavy atom. The third-order valence-corrected chi connectivity index (χ3v) is 2.97. The van der Waals surface area contributed by atoms with Crippen LogP contribution in [-0.2, 0) is 0 Å². The van der Waals surface area contributed by atoms with Crippen LogP contribution in [0, 0.1) is 17.9 Å². The number of aromatic nitrogens is 1. The molecule has 0 aliphatic rings. The van der Waals surface area contributed by atoms with E-state index in [1.807, 2.05) is 41.8 Å². The second-order valence-corrected chi connectivity index (χ2v) is 3.99. The predicted octanol–water partition coefficient (Wildman–Crippen LogP) is 3.29. The molecule has 1 atom stereocenters. The predicted molar refractivity (Wildman–Crippen MR) is 62.5 cm³/mol. The van der Waals surface area contributed by atoms with Gasteiger partial charge in [-0.3, -0.25) is 4.85 Å². The molecule has 16 heavy (non-hydrogen) atoms. The van der Waals surface area contributed by atoms with Crippen LogP contribution < -0.4 is 0 Å². The summed E-state index contributed by atoms with van der Waals surface area (Å²) in [7, 11) is 0. The minimum absolute atomic E-state index is 0.566. The monoisotopic (exact) mass is 225 g/mol. The number of thiazole rings is 1. The zero-order chi connectivity index (χ0) is 11.4. The first-order valence-corrected chi connectivity index (χ1v) is 5.50. The zero-order valence-electron chi connectivity index (χ0n) is 8.29. The molecule has 4 heteroatoms. The highest BCUT2D eigenvalue weighted by Gasteiger charge is 2.19. The van der Waals surface area contributed by atoms with Crippen LogP contribution in [0.1, 0.15) is 11.0 Å². The highest BCUT2D eigenvalue weighted by molar-refractivity contribution is 7.10. The molecular formula is C12H7N3S.